The number of allylic oxidation sites excluding steroid dienone is 12. The lowest BCUT2D eigenvalue weighted by Crippen LogP contribution is -2.30. The molecule has 0 fully saturated rings. The Morgan fingerprint density at radius 2 is 0.582 bits per heavy atom. The van der Waals surface area contributed by atoms with Crippen LogP contribution in [0, 0.1) is 0 Å². The monoisotopic (exact) mass is 935 g/mol. The molecule has 67 heavy (non-hydrogen) atoms. The fourth-order valence-corrected chi connectivity index (χ4v) is 7.89. The maximum atomic E-state index is 12.8. The Morgan fingerprint density at radius 3 is 0.940 bits per heavy atom. The molecule has 0 bridgehead atoms. The van der Waals surface area contributed by atoms with Crippen LogP contribution in [-0.2, 0) is 28.6 Å². The summed E-state index contributed by atoms with van der Waals surface area (Å²) in [7, 11) is 0. The molecule has 0 aromatic heterocycles. The normalized spacial score (nSPS) is 12.6. The van der Waals surface area contributed by atoms with E-state index < -0.39 is 6.10 Å². The van der Waals surface area contributed by atoms with E-state index in [4.69, 9.17) is 14.2 Å². The van der Waals surface area contributed by atoms with E-state index in [1.165, 1.54) is 141 Å². The third-order valence-corrected chi connectivity index (χ3v) is 12.2. The first-order valence-corrected chi connectivity index (χ1v) is 28.4. The van der Waals surface area contributed by atoms with E-state index in [1.54, 1.807) is 0 Å². The number of hydrogen-bond acceptors (Lipinski definition) is 6. The minimum Gasteiger partial charge on any atom is -0.462 e. The first kappa shape index (κ1) is 63.8. The molecule has 0 aromatic carbocycles. The summed E-state index contributed by atoms with van der Waals surface area (Å²) in [5.41, 5.74) is 0. The predicted molar refractivity (Wildman–Crippen MR) is 288 cm³/mol. The van der Waals surface area contributed by atoms with Gasteiger partial charge in [-0.3, -0.25) is 14.4 Å². The van der Waals surface area contributed by atoms with Crippen molar-refractivity contribution in [2.24, 2.45) is 0 Å². The number of esters is 3. The summed E-state index contributed by atoms with van der Waals surface area (Å²) in [4.78, 5) is 38.1. The molecule has 0 aromatic rings. The van der Waals surface area contributed by atoms with Gasteiger partial charge in [-0.25, -0.2) is 0 Å². The molecule has 0 aliphatic carbocycles. The van der Waals surface area contributed by atoms with E-state index in [1.807, 2.05) is 0 Å². The minimum atomic E-state index is -0.787. The smallest absolute Gasteiger partial charge is 0.306 e. The Hall–Kier alpha value is -3.15. The molecule has 1 unspecified atom stereocenters. The van der Waals surface area contributed by atoms with Gasteiger partial charge in [-0.2, -0.15) is 0 Å². The lowest BCUT2D eigenvalue weighted by molar-refractivity contribution is -0.167. The van der Waals surface area contributed by atoms with Gasteiger partial charge in [-0.05, 0) is 109 Å². The van der Waals surface area contributed by atoms with Crippen LogP contribution >= 0.6 is 0 Å². The van der Waals surface area contributed by atoms with E-state index in [0.29, 0.717) is 19.3 Å². The Labute approximate surface area is 414 Å². The Balaban J connectivity index is 4.40. The highest BCUT2D eigenvalue weighted by molar-refractivity contribution is 5.71. The number of rotatable bonds is 51. The molecule has 0 amide bonds. The van der Waals surface area contributed by atoms with Crippen LogP contribution in [0.2, 0.25) is 0 Å². The van der Waals surface area contributed by atoms with Crippen molar-refractivity contribution in [1.29, 1.82) is 0 Å². The van der Waals surface area contributed by atoms with E-state index in [0.717, 1.165) is 96.3 Å². The van der Waals surface area contributed by atoms with Gasteiger partial charge >= 0.3 is 17.9 Å². The van der Waals surface area contributed by atoms with Crippen molar-refractivity contribution >= 4 is 17.9 Å². The Morgan fingerprint density at radius 1 is 0.313 bits per heavy atom. The van der Waals surface area contributed by atoms with Crippen LogP contribution in [0.25, 0.3) is 0 Å². The molecule has 0 N–H and O–H groups in total. The van der Waals surface area contributed by atoms with Crippen LogP contribution in [0.4, 0.5) is 0 Å². The van der Waals surface area contributed by atoms with E-state index in [2.05, 4.69) is 93.7 Å². The van der Waals surface area contributed by atoms with Crippen molar-refractivity contribution in [1.82, 2.24) is 0 Å². The number of carbonyl (C=O) groups excluding carboxylic acids is 3. The second-order valence-corrected chi connectivity index (χ2v) is 18.8. The van der Waals surface area contributed by atoms with Crippen LogP contribution in [-0.4, -0.2) is 37.2 Å². The van der Waals surface area contributed by atoms with Crippen LogP contribution in [0.15, 0.2) is 72.9 Å². The summed E-state index contributed by atoms with van der Waals surface area (Å²) in [6.07, 6.45) is 70.3. The highest BCUT2D eigenvalue weighted by atomic mass is 16.6. The summed E-state index contributed by atoms with van der Waals surface area (Å²) in [5, 5.41) is 0. The second-order valence-electron chi connectivity index (χ2n) is 18.8. The summed E-state index contributed by atoms with van der Waals surface area (Å²) in [5.74, 6) is -0.905. The van der Waals surface area contributed by atoms with Gasteiger partial charge in [0.15, 0.2) is 6.10 Å². The van der Waals surface area contributed by atoms with Crippen molar-refractivity contribution in [3.63, 3.8) is 0 Å². The summed E-state index contributed by atoms with van der Waals surface area (Å²) >= 11 is 0. The van der Waals surface area contributed by atoms with E-state index >= 15 is 0 Å². The maximum Gasteiger partial charge on any atom is 0.306 e. The van der Waals surface area contributed by atoms with Gasteiger partial charge < -0.3 is 14.2 Å². The zero-order chi connectivity index (χ0) is 48.6. The summed E-state index contributed by atoms with van der Waals surface area (Å²) < 4.78 is 16.8. The summed E-state index contributed by atoms with van der Waals surface area (Å²) in [6, 6.07) is 0. The Bertz CT molecular complexity index is 1260. The highest BCUT2D eigenvalue weighted by Crippen LogP contribution is 2.15. The van der Waals surface area contributed by atoms with Gasteiger partial charge in [0.2, 0.25) is 0 Å². The molecule has 0 saturated carbocycles. The zero-order valence-corrected chi connectivity index (χ0v) is 44.2. The third-order valence-electron chi connectivity index (χ3n) is 12.2. The molecule has 0 saturated heterocycles. The number of ether oxygens (including phenoxy) is 3. The van der Waals surface area contributed by atoms with E-state index in [-0.39, 0.29) is 31.1 Å². The lowest BCUT2D eigenvalue weighted by atomic mass is 10.1. The van der Waals surface area contributed by atoms with Crippen molar-refractivity contribution in [3.05, 3.63) is 72.9 Å². The number of unbranched alkanes of at least 4 members (excludes halogenated alkanes) is 28. The molecular formula is C61H106O6. The molecule has 6 nitrogen and oxygen atoms in total. The molecule has 0 rings (SSSR count). The predicted octanol–water partition coefficient (Wildman–Crippen LogP) is 19.0. The van der Waals surface area contributed by atoms with Crippen LogP contribution in [0.3, 0.4) is 0 Å². The fourth-order valence-electron chi connectivity index (χ4n) is 7.89. The van der Waals surface area contributed by atoms with Crippen molar-refractivity contribution in [3.8, 4) is 0 Å². The first-order valence-electron chi connectivity index (χ1n) is 28.4. The van der Waals surface area contributed by atoms with Gasteiger partial charge in [0.1, 0.15) is 13.2 Å². The van der Waals surface area contributed by atoms with Gasteiger partial charge in [0.05, 0.1) is 0 Å². The van der Waals surface area contributed by atoms with Crippen LogP contribution in [0.1, 0.15) is 278 Å². The third kappa shape index (κ3) is 53.7. The quantitative estimate of drug-likeness (QED) is 0.0262. The molecule has 0 radical (unpaired) electrons. The van der Waals surface area contributed by atoms with E-state index in [9.17, 15) is 14.4 Å². The molecule has 0 aliphatic heterocycles. The van der Waals surface area contributed by atoms with Crippen molar-refractivity contribution in [2.45, 2.75) is 284 Å². The topological polar surface area (TPSA) is 78.9 Å². The molecular weight excluding hydrogens is 829 g/mol. The minimum absolute atomic E-state index is 0.0855. The van der Waals surface area contributed by atoms with Gasteiger partial charge in [-0.1, -0.05) is 222 Å². The molecule has 0 aliphatic rings. The van der Waals surface area contributed by atoms with Gasteiger partial charge in [-0.15, -0.1) is 0 Å². The summed E-state index contributed by atoms with van der Waals surface area (Å²) in [6.45, 7) is 6.50. The average molecular weight is 936 g/mol. The van der Waals surface area contributed by atoms with Crippen LogP contribution in [0.5, 0.6) is 0 Å². The standard InChI is InChI=1S/C61H106O6/c1-4-7-10-13-16-19-22-25-27-29-30-32-33-36-39-42-45-48-51-54-60(63)66-57-58(56-65-59(62)53-50-47-44-41-38-35-24-21-18-15-12-9-6-3)67-61(64)55-52-49-46-43-40-37-34-31-28-26-23-20-17-14-11-8-5-2/h7,10,16,19,21,24-28,30,32,58H,4-6,8-9,11-15,17-18,20,22-23,29,31,33-57H2,1-3H3/b10-7-,19-16-,24-21-,27-25-,28-26-,32-30-. The fraction of sp³-hybridized carbons (Fsp3) is 0.754. The second kappa shape index (κ2) is 55.4. The zero-order valence-electron chi connectivity index (χ0n) is 44.2. The first-order chi connectivity index (χ1) is 33.0. The molecule has 0 spiro atoms. The molecule has 1 atom stereocenters. The lowest BCUT2D eigenvalue weighted by Gasteiger charge is -2.18. The molecule has 386 valence electrons. The SMILES string of the molecule is CC/C=C\C/C=C\C/C=C\C/C=C\CCCCCCCCC(=O)OCC(COC(=O)CCCCCCC/C=C\CCCCCC)OC(=O)CCCCCCCCC/C=C\CCCCCCCC. The molecule has 0 heterocycles. The maximum absolute atomic E-state index is 12.8. The van der Waals surface area contributed by atoms with Gasteiger partial charge in [0, 0.05) is 19.3 Å². The van der Waals surface area contributed by atoms with Crippen molar-refractivity contribution < 1.29 is 28.6 Å². The number of hydrogen-bond donors (Lipinski definition) is 0. The molecule has 6 heteroatoms. The largest absolute Gasteiger partial charge is 0.462 e. The van der Waals surface area contributed by atoms with Gasteiger partial charge in [0.25, 0.3) is 0 Å². The average Bonchev–Trinajstić information content (AvgIpc) is 3.33. The van der Waals surface area contributed by atoms with Crippen LogP contribution < -0.4 is 0 Å². The van der Waals surface area contributed by atoms with Crippen molar-refractivity contribution in [2.75, 3.05) is 13.2 Å². The number of carbonyl (C=O) groups is 3. The Kier molecular flexibility index (Phi) is 52.8. The highest BCUT2D eigenvalue weighted by Gasteiger charge is 2.19.